The molecule has 2 aromatic carbocycles. The number of hydrogen-bond donors (Lipinski definition) is 2. The molecule has 0 radical (unpaired) electrons. The molecule has 0 bridgehead atoms. The number of rotatable bonds is 4. The highest BCUT2D eigenvalue weighted by atomic mass is 16.5. The van der Waals surface area contributed by atoms with Crippen molar-refractivity contribution in [2.45, 2.75) is 38.7 Å². The average Bonchev–Trinajstić information content (AvgIpc) is 3.16. The molecule has 2 aromatic rings. The molecule has 2 aliphatic heterocycles. The second-order valence-corrected chi connectivity index (χ2v) is 7.70. The molecule has 29 heavy (non-hydrogen) atoms. The average molecular weight is 398 g/mol. The van der Waals surface area contributed by atoms with E-state index in [2.05, 4.69) is 6.58 Å². The van der Waals surface area contributed by atoms with Gasteiger partial charge in [-0.2, -0.15) is 0 Å². The Morgan fingerprint density at radius 2 is 1.79 bits per heavy atom. The smallest absolute Gasteiger partial charge is 0.200 e. The van der Waals surface area contributed by atoms with Gasteiger partial charge in [0.25, 0.3) is 0 Å². The van der Waals surface area contributed by atoms with Crippen LogP contribution in [-0.4, -0.2) is 37.1 Å². The first-order chi connectivity index (χ1) is 13.9. The Balaban J connectivity index is 1.78. The second-order valence-electron chi connectivity index (χ2n) is 7.70. The molecule has 0 amide bonds. The zero-order valence-electron chi connectivity index (χ0n) is 17.2. The molecule has 0 aliphatic carbocycles. The van der Waals surface area contributed by atoms with E-state index < -0.39 is 0 Å². The van der Waals surface area contributed by atoms with Crippen LogP contribution < -0.4 is 18.9 Å². The summed E-state index contributed by atoms with van der Waals surface area (Å²) in [7, 11) is 3.12. The van der Waals surface area contributed by atoms with Gasteiger partial charge in [-0.15, -0.1) is 0 Å². The highest BCUT2D eigenvalue weighted by molar-refractivity contribution is 5.66. The lowest BCUT2D eigenvalue weighted by Crippen LogP contribution is -2.21. The van der Waals surface area contributed by atoms with Gasteiger partial charge in [-0.1, -0.05) is 12.6 Å². The van der Waals surface area contributed by atoms with Gasteiger partial charge in [0.15, 0.2) is 11.5 Å². The quantitative estimate of drug-likeness (QED) is 0.598. The normalized spacial score (nSPS) is 19.6. The summed E-state index contributed by atoms with van der Waals surface area (Å²) in [5.41, 5.74) is 4.76. The summed E-state index contributed by atoms with van der Waals surface area (Å²) in [6.45, 7) is 8.42. The van der Waals surface area contributed by atoms with E-state index in [4.69, 9.17) is 18.9 Å². The summed E-state index contributed by atoms with van der Waals surface area (Å²) in [5.74, 6) is 2.14. The third kappa shape index (κ3) is 2.94. The third-order valence-corrected chi connectivity index (χ3v) is 5.84. The Hall–Kier alpha value is -3.02. The molecule has 2 atom stereocenters. The molecular formula is C23H26O6. The fraction of sp³-hybridized carbons (Fsp3) is 0.391. The van der Waals surface area contributed by atoms with E-state index in [0.29, 0.717) is 13.0 Å². The summed E-state index contributed by atoms with van der Waals surface area (Å²) in [5, 5.41) is 20.0. The lowest BCUT2D eigenvalue weighted by atomic mass is 9.86. The van der Waals surface area contributed by atoms with Crippen LogP contribution in [0.5, 0.6) is 34.5 Å². The van der Waals surface area contributed by atoms with E-state index in [0.717, 1.165) is 51.5 Å². The predicted octanol–water partition coefficient (Wildman–Crippen LogP) is 4.02. The largest absolute Gasteiger partial charge is 0.504 e. The van der Waals surface area contributed by atoms with Crippen LogP contribution in [0.15, 0.2) is 24.3 Å². The SMILES string of the molecule is C=C(C)C1Cc2c(c(C)c(OC)c3c2OCC(c2ccc(O)c(O)c2OC)C3)O1. The molecule has 6 heteroatoms. The number of phenols is 2. The third-order valence-electron chi connectivity index (χ3n) is 5.84. The molecule has 154 valence electrons. The molecule has 0 spiro atoms. The van der Waals surface area contributed by atoms with Gasteiger partial charge in [-0.05, 0) is 31.9 Å². The molecule has 2 aliphatic rings. The lowest BCUT2D eigenvalue weighted by Gasteiger charge is -2.30. The monoisotopic (exact) mass is 398 g/mol. The van der Waals surface area contributed by atoms with E-state index in [1.807, 2.05) is 13.8 Å². The van der Waals surface area contributed by atoms with E-state index in [1.54, 1.807) is 13.2 Å². The number of hydrogen-bond acceptors (Lipinski definition) is 6. The molecule has 4 rings (SSSR count). The highest BCUT2D eigenvalue weighted by Gasteiger charge is 2.37. The maximum absolute atomic E-state index is 10.2. The topological polar surface area (TPSA) is 77.4 Å². The second kappa shape index (κ2) is 7.10. The molecule has 2 N–H and O–H groups in total. The minimum absolute atomic E-state index is 0.0598. The minimum Gasteiger partial charge on any atom is -0.504 e. The number of phenolic OH excluding ortho intramolecular Hbond substituents is 2. The zero-order chi connectivity index (χ0) is 20.9. The van der Waals surface area contributed by atoms with Crippen molar-refractivity contribution in [1.29, 1.82) is 0 Å². The summed E-state index contributed by atoms with van der Waals surface area (Å²) >= 11 is 0. The molecular weight excluding hydrogens is 372 g/mol. The van der Waals surface area contributed by atoms with E-state index in [9.17, 15) is 10.2 Å². The first-order valence-corrected chi connectivity index (χ1v) is 9.63. The van der Waals surface area contributed by atoms with Crippen LogP contribution in [0, 0.1) is 6.92 Å². The molecule has 2 heterocycles. The van der Waals surface area contributed by atoms with Crippen LogP contribution >= 0.6 is 0 Å². The number of fused-ring (bicyclic) bond motifs is 3. The summed E-state index contributed by atoms with van der Waals surface area (Å²) in [6.07, 6.45) is 1.33. The molecule has 0 fully saturated rings. The van der Waals surface area contributed by atoms with Gasteiger partial charge < -0.3 is 29.2 Å². The van der Waals surface area contributed by atoms with E-state index >= 15 is 0 Å². The van der Waals surface area contributed by atoms with Crippen molar-refractivity contribution >= 4 is 0 Å². The van der Waals surface area contributed by atoms with Crippen molar-refractivity contribution in [3.05, 3.63) is 46.5 Å². The predicted molar refractivity (Wildman–Crippen MR) is 109 cm³/mol. The first kappa shape index (κ1) is 19.3. The Morgan fingerprint density at radius 1 is 1.07 bits per heavy atom. The maximum atomic E-state index is 10.2. The Labute approximate surface area is 170 Å². The Kier molecular flexibility index (Phi) is 4.73. The van der Waals surface area contributed by atoms with Crippen LogP contribution in [0.3, 0.4) is 0 Å². The number of aromatic hydroxyl groups is 2. The standard InChI is InChI=1S/C23H26O6/c1-11(2)18-9-16-21(29-18)12(3)20(26-4)15-8-13(10-28-22(15)16)14-6-7-17(24)19(25)23(14)27-5/h6-7,13,18,24-25H,1,8-10H2,2-5H3. The van der Waals surface area contributed by atoms with Crippen molar-refractivity contribution in [3.63, 3.8) is 0 Å². The van der Waals surface area contributed by atoms with Crippen molar-refractivity contribution < 1.29 is 29.2 Å². The molecule has 0 saturated carbocycles. The van der Waals surface area contributed by atoms with Crippen LogP contribution in [0.25, 0.3) is 0 Å². The minimum atomic E-state index is -0.259. The summed E-state index contributed by atoms with van der Waals surface area (Å²) in [4.78, 5) is 0. The van der Waals surface area contributed by atoms with Gasteiger partial charge in [0, 0.05) is 34.6 Å². The van der Waals surface area contributed by atoms with Gasteiger partial charge in [-0.3, -0.25) is 0 Å². The van der Waals surface area contributed by atoms with Gasteiger partial charge in [0.2, 0.25) is 5.75 Å². The van der Waals surface area contributed by atoms with E-state index in [1.165, 1.54) is 13.2 Å². The van der Waals surface area contributed by atoms with E-state index in [-0.39, 0.29) is 29.3 Å². The number of benzene rings is 2. The zero-order valence-corrected chi connectivity index (χ0v) is 17.2. The summed E-state index contributed by atoms with van der Waals surface area (Å²) in [6, 6.07) is 3.24. The Bertz CT molecular complexity index is 994. The first-order valence-electron chi connectivity index (χ1n) is 9.63. The number of methoxy groups -OCH3 is 2. The van der Waals surface area contributed by atoms with Gasteiger partial charge in [0.1, 0.15) is 23.4 Å². The van der Waals surface area contributed by atoms with Crippen molar-refractivity contribution in [1.82, 2.24) is 0 Å². The Morgan fingerprint density at radius 3 is 2.45 bits per heavy atom. The maximum Gasteiger partial charge on any atom is 0.200 e. The molecule has 2 unspecified atom stereocenters. The van der Waals surface area contributed by atoms with Crippen LogP contribution in [0.2, 0.25) is 0 Å². The van der Waals surface area contributed by atoms with Crippen molar-refractivity contribution in [2.24, 2.45) is 0 Å². The molecule has 6 nitrogen and oxygen atoms in total. The van der Waals surface area contributed by atoms with Crippen LogP contribution in [-0.2, 0) is 12.8 Å². The van der Waals surface area contributed by atoms with Gasteiger partial charge in [-0.25, -0.2) is 0 Å². The highest BCUT2D eigenvalue weighted by Crippen LogP contribution is 2.52. The van der Waals surface area contributed by atoms with Crippen molar-refractivity contribution in [3.8, 4) is 34.5 Å². The van der Waals surface area contributed by atoms with Gasteiger partial charge in [0.05, 0.1) is 20.8 Å². The lowest BCUT2D eigenvalue weighted by molar-refractivity contribution is 0.250. The van der Waals surface area contributed by atoms with Crippen LogP contribution in [0.4, 0.5) is 0 Å². The number of ether oxygens (including phenoxy) is 4. The summed E-state index contributed by atoms with van der Waals surface area (Å²) < 4.78 is 23.5. The van der Waals surface area contributed by atoms with Crippen LogP contribution in [0.1, 0.15) is 35.1 Å². The van der Waals surface area contributed by atoms with Gasteiger partial charge >= 0.3 is 0 Å². The molecule has 0 saturated heterocycles. The fourth-order valence-corrected chi connectivity index (χ4v) is 4.37. The molecule has 0 aromatic heterocycles. The fourth-order valence-electron chi connectivity index (χ4n) is 4.37. The van der Waals surface area contributed by atoms with Crippen molar-refractivity contribution in [2.75, 3.05) is 20.8 Å².